The van der Waals surface area contributed by atoms with Crippen molar-refractivity contribution in [2.24, 2.45) is 0 Å². The van der Waals surface area contributed by atoms with Crippen molar-refractivity contribution in [2.45, 2.75) is 0 Å². The van der Waals surface area contributed by atoms with E-state index < -0.39 is 0 Å². The van der Waals surface area contributed by atoms with E-state index in [0.29, 0.717) is 0 Å². The van der Waals surface area contributed by atoms with E-state index in [4.69, 9.17) is 4.98 Å². The summed E-state index contributed by atoms with van der Waals surface area (Å²) in [5, 5.41) is 5.06. The number of hydrogen-bond donors (Lipinski definition) is 0. The number of para-hydroxylation sites is 4. The first-order valence-corrected chi connectivity index (χ1v) is 17.1. The minimum atomic E-state index is 0.947. The van der Waals surface area contributed by atoms with E-state index in [1.165, 1.54) is 43.6 Å². The average Bonchev–Trinajstić information content (AvgIpc) is 3.71. The maximum absolute atomic E-state index is 5.32. The van der Waals surface area contributed by atoms with Crippen molar-refractivity contribution in [1.82, 2.24) is 14.1 Å². The van der Waals surface area contributed by atoms with E-state index >= 15 is 0 Å². The number of nitrogens with zero attached hydrogens (tertiary/aromatic N) is 3. The van der Waals surface area contributed by atoms with Crippen LogP contribution in [0.1, 0.15) is 0 Å². The fraction of sp³-hybridized carbons (Fsp3) is 0. The van der Waals surface area contributed by atoms with E-state index in [1.807, 2.05) is 0 Å². The van der Waals surface area contributed by atoms with E-state index in [1.54, 1.807) is 0 Å². The average molecular weight is 638 g/mol. The molecule has 7 aromatic carbocycles. The zero-order valence-electron chi connectivity index (χ0n) is 27.2. The Hall–Kier alpha value is -6.71. The lowest BCUT2D eigenvalue weighted by Crippen LogP contribution is -1.96. The molecule has 3 aromatic heterocycles. The molecule has 0 spiro atoms. The minimum absolute atomic E-state index is 0.947. The second-order valence-corrected chi connectivity index (χ2v) is 12.8. The van der Waals surface area contributed by atoms with E-state index in [0.717, 1.165) is 45.0 Å². The maximum Gasteiger partial charge on any atom is 0.0787 e. The summed E-state index contributed by atoms with van der Waals surface area (Å²) < 4.78 is 4.71. The molecule has 3 heteroatoms. The summed E-state index contributed by atoms with van der Waals surface area (Å²) in [6.45, 7) is 0. The van der Waals surface area contributed by atoms with Gasteiger partial charge in [0.2, 0.25) is 0 Å². The Balaban J connectivity index is 1.05. The van der Waals surface area contributed by atoms with Crippen LogP contribution in [0, 0.1) is 0 Å². The Labute approximate surface area is 290 Å². The number of rotatable bonds is 5. The highest BCUT2D eigenvalue weighted by Crippen LogP contribution is 2.37. The largest absolute Gasteiger partial charge is 0.309 e. The molecule has 234 valence electrons. The number of hydrogen-bond acceptors (Lipinski definition) is 1. The summed E-state index contributed by atoms with van der Waals surface area (Å²) in [5.74, 6) is 0. The van der Waals surface area contributed by atoms with Crippen LogP contribution in [0.15, 0.2) is 188 Å². The molecule has 0 saturated carbocycles. The summed E-state index contributed by atoms with van der Waals surface area (Å²) >= 11 is 0. The van der Waals surface area contributed by atoms with Crippen molar-refractivity contribution in [3.63, 3.8) is 0 Å². The van der Waals surface area contributed by atoms with Crippen LogP contribution < -0.4 is 0 Å². The third-order valence-corrected chi connectivity index (χ3v) is 9.96. The van der Waals surface area contributed by atoms with E-state index in [9.17, 15) is 0 Å². The molecule has 3 heterocycles. The van der Waals surface area contributed by atoms with Crippen molar-refractivity contribution in [3.05, 3.63) is 188 Å². The predicted octanol–water partition coefficient (Wildman–Crippen LogP) is 12.3. The fourth-order valence-electron chi connectivity index (χ4n) is 7.64. The first kappa shape index (κ1) is 28.3. The van der Waals surface area contributed by atoms with Gasteiger partial charge in [-0.3, -0.25) is 0 Å². The molecule has 0 radical (unpaired) electrons. The highest BCUT2D eigenvalue weighted by molar-refractivity contribution is 6.10. The highest BCUT2D eigenvalue weighted by atomic mass is 15.0. The molecular weight excluding hydrogens is 607 g/mol. The van der Waals surface area contributed by atoms with Crippen LogP contribution >= 0.6 is 0 Å². The summed E-state index contributed by atoms with van der Waals surface area (Å²) in [5.41, 5.74) is 13.4. The van der Waals surface area contributed by atoms with Crippen LogP contribution in [0.3, 0.4) is 0 Å². The Morgan fingerprint density at radius 2 is 0.700 bits per heavy atom. The monoisotopic (exact) mass is 637 g/mol. The van der Waals surface area contributed by atoms with Crippen LogP contribution in [-0.2, 0) is 0 Å². The van der Waals surface area contributed by atoms with Crippen molar-refractivity contribution in [1.29, 1.82) is 0 Å². The highest BCUT2D eigenvalue weighted by Gasteiger charge is 2.16. The van der Waals surface area contributed by atoms with Gasteiger partial charge in [-0.15, -0.1) is 0 Å². The van der Waals surface area contributed by atoms with Gasteiger partial charge in [0.15, 0.2) is 0 Å². The van der Waals surface area contributed by atoms with Gasteiger partial charge < -0.3 is 9.13 Å². The van der Waals surface area contributed by atoms with Crippen LogP contribution in [-0.4, -0.2) is 14.1 Å². The Morgan fingerprint density at radius 1 is 0.300 bits per heavy atom. The number of fused-ring (bicyclic) bond motifs is 6. The van der Waals surface area contributed by atoms with Crippen molar-refractivity contribution in [2.75, 3.05) is 0 Å². The molecule has 0 aliphatic heterocycles. The minimum Gasteiger partial charge on any atom is -0.309 e. The summed E-state index contributed by atoms with van der Waals surface area (Å²) in [4.78, 5) is 5.32. The Kier molecular flexibility index (Phi) is 6.49. The van der Waals surface area contributed by atoms with Gasteiger partial charge >= 0.3 is 0 Å². The third kappa shape index (κ3) is 4.48. The van der Waals surface area contributed by atoms with Gasteiger partial charge in [-0.2, -0.15) is 0 Å². The smallest absolute Gasteiger partial charge is 0.0787 e. The summed E-state index contributed by atoms with van der Waals surface area (Å²) in [6, 6.07) is 67.1. The lowest BCUT2D eigenvalue weighted by Gasteiger charge is -2.14. The first-order chi connectivity index (χ1) is 24.8. The van der Waals surface area contributed by atoms with Crippen LogP contribution in [0.5, 0.6) is 0 Å². The summed E-state index contributed by atoms with van der Waals surface area (Å²) in [6.07, 6.45) is 0. The molecule has 0 aliphatic rings. The molecule has 0 N–H and O–H groups in total. The molecule has 10 rings (SSSR count). The second-order valence-electron chi connectivity index (χ2n) is 12.8. The molecule has 10 aromatic rings. The molecular formula is C47H31N3. The molecule has 0 aliphatic carbocycles. The molecule has 0 amide bonds. The van der Waals surface area contributed by atoms with Crippen molar-refractivity contribution < 1.29 is 0 Å². The van der Waals surface area contributed by atoms with Crippen molar-refractivity contribution in [3.8, 4) is 45.0 Å². The zero-order chi connectivity index (χ0) is 33.0. The first-order valence-electron chi connectivity index (χ1n) is 17.1. The van der Waals surface area contributed by atoms with Gasteiger partial charge in [-0.25, -0.2) is 4.98 Å². The zero-order valence-corrected chi connectivity index (χ0v) is 27.2. The van der Waals surface area contributed by atoms with Crippen LogP contribution in [0.4, 0.5) is 0 Å². The van der Waals surface area contributed by atoms with E-state index in [-0.39, 0.29) is 0 Å². The topological polar surface area (TPSA) is 22.8 Å². The van der Waals surface area contributed by atoms with Gasteiger partial charge in [0.05, 0.1) is 33.5 Å². The van der Waals surface area contributed by atoms with Crippen LogP contribution in [0.2, 0.25) is 0 Å². The number of pyridine rings is 1. The molecule has 50 heavy (non-hydrogen) atoms. The van der Waals surface area contributed by atoms with Crippen molar-refractivity contribution >= 4 is 43.6 Å². The quantitative estimate of drug-likeness (QED) is 0.184. The van der Waals surface area contributed by atoms with Gasteiger partial charge in [0.1, 0.15) is 0 Å². The molecule has 0 atom stereocenters. The molecule has 0 unspecified atom stereocenters. The molecule has 0 saturated heterocycles. The molecule has 0 bridgehead atoms. The SMILES string of the molecule is c1ccc(-c2nc(-c3ccc(-n4c5ccccc5c5ccccc54)cc3)ccc2-c2ccc(-n3c4ccccc4c4ccccc43)cc2)cc1. The Bertz CT molecular complexity index is 2730. The number of aromatic nitrogens is 3. The standard InChI is InChI=1S/C47H31N3/c1-2-12-34(13-3-1)47-37(32-22-26-35(27-23-32)49-43-18-8-4-14-38(43)39-15-5-9-19-44(39)49)30-31-42(48-47)33-24-28-36(29-25-33)50-45-20-10-6-16-40(45)41-17-7-11-21-46(41)50/h1-31H. The number of benzene rings is 7. The van der Waals surface area contributed by atoms with Gasteiger partial charge in [-0.1, -0.05) is 133 Å². The van der Waals surface area contributed by atoms with Gasteiger partial charge in [0, 0.05) is 49.6 Å². The molecule has 3 nitrogen and oxygen atoms in total. The predicted molar refractivity (Wildman–Crippen MR) is 209 cm³/mol. The van der Waals surface area contributed by atoms with Gasteiger partial charge in [0.25, 0.3) is 0 Å². The fourth-order valence-corrected chi connectivity index (χ4v) is 7.64. The molecule has 0 fully saturated rings. The summed E-state index contributed by atoms with van der Waals surface area (Å²) in [7, 11) is 0. The maximum atomic E-state index is 5.32. The normalized spacial score (nSPS) is 11.6. The third-order valence-electron chi connectivity index (χ3n) is 9.96. The second kappa shape index (κ2) is 11.5. The Morgan fingerprint density at radius 3 is 1.16 bits per heavy atom. The van der Waals surface area contributed by atoms with Gasteiger partial charge in [-0.05, 0) is 60.2 Å². The lowest BCUT2D eigenvalue weighted by molar-refractivity contribution is 1.18. The van der Waals surface area contributed by atoms with E-state index in [2.05, 4.69) is 197 Å². The lowest BCUT2D eigenvalue weighted by atomic mass is 9.97. The van der Waals surface area contributed by atoms with Crippen LogP contribution in [0.25, 0.3) is 88.6 Å².